The number of hydrogen-bond acceptors (Lipinski definition) is 3. The predicted molar refractivity (Wildman–Crippen MR) is 90.4 cm³/mol. The lowest BCUT2D eigenvalue weighted by molar-refractivity contribution is -0.133. The third-order valence-electron chi connectivity index (χ3n) is 4.50. The number of carbonyl (C=O) groups excluding carboxylic acids is 2. The number of nitrogens with zero attached hydrogens (tertiary/aromatic N) is 4. The van der Waals surface area contributed by atoms with E-state index >= 15 is 0 Å². The standard InChI is InChI=1S/C18H22N4O2/c1-13-16(11-20(3)19-13)18(24)21-9-10-22(14(2)23)17(12-21)15-7-5-4-6-8-15/h4-8,11,17H,9-10,12H2,1-3H3/t17-/m0/s1. The molecule has 0 saturated carbocycles. The summed E-state index contributed by atoms with van der Waals surface area (Å²) in [6, 6.07) is 9.76. The molecule has 6 heteroatoms. The van der Waals surface area contributed by atoms with Crippen LogP contribution in [-0.2, 0) is 11.8 Å². The van der Waals surface area contributed by atoms with Crippen molar-refractivity contribution in [2.45, 2.75) is 19.9 Å². The number of rotatable bonds is 2. The van der Waals surface area contributed by atoms with Crippen molar-refractivity contribution in [3.63, 3.8) is 0 Å². The van der Waals surface area contributed by atoms with Gasteiger partial charge in [0, 0.05) is 39.8 Å². The molecule has 2 amide bonds. The number of aryl methyl sites for hydroxylation is 2. The molecule has 24 heavy (non-hydrogen) atoms. The monoisotopic (exact) mass is 326 g/mol. The Morgan fingerprint density at radius 1 is 1.17 bits per heavy atom. The molecule has 6 nitrogen and oxygen atoms in total. The van der Waals surface area contributed by atoms with Gasteiger partial charge in [-0.1, -0.05) is 30.3 Å². The lowest BCUT2D eigenvalue weighted by Crippen LogP contribution is -2.51. The van der Waals surface area contributed by atoms with E-state index in [1.54, 1.807) is 17.8 Å². The quantitative estimate of drug-likeness (QED) is 0.845. The highest BCUT2D eigenvalue weighted by Crippen LogP contribution is 2.26. The van der Waals surface area contributed by atoms with Gasteiger partial charge in [-0.15, -0.1) is 0 Å². The molecule has 2 aromatic rings. The minimum atomic E-state index is -0.113. The number of piperazine rings is 1. The zero-order valence-corrected chi connectivity index (χ0v) is 14.3. The molecule has 0 unspecified atom stereocenters. The summed E-state index contributed by atoms with van der Waals surface area (Å²) in [6.07, 6.45) is 1.76. The summed E-state index contributed by atoms with van der Waals surface area (Å²) in [7, 11) is 1.81. The molecular formula is C18H22N4O2. The molecule has 126 valence electrons. The number of amides is 2. The first kappa shape index (κ1) is 16.2. The van der Waals surface area contributed by atoms with Crippen LogP contribution >= 0.6 is 0 Å². The summed E-state index contributed by atoms with van der Waals surface area (Å²) in [4.78, 5) is 28.5. The van der Waals surface area contributed by atoms with Crippen molar-refractivity contribution in [1.82, 2.24) is 19.6 Å². The van der Waals surface area contributed by atoms with Gasteiger partial charge in [0.25, 0.3) is 5.91 Å². The maximum atomic E-state index is 12.9. The third-order valence-corrected chi connectivity index (χ3v) is 4.50. The average Bonchev–Trinajstić information content (AvgIpc) is 2.92. The molecule has 1 saturated heterocycles. The molecule has 3 rings (SSSR count). The SMILES string of the molecule is CC(=O)N1CCN(C(=O)c2cn(C)nc2C)C[C@H]1c1ccccc1. The average molecular weight is 326 g/mol. The van der Waals surface area contributed by atoms with Crippen molar-refractivity contribution in [3.05, 3.63) is 53.3 Å². The van der Waals surface area contributed by atoms with Crippen LogP contribution < -0.4 is 0 Å². The molecule has 0 bridgehead atoms. The van der Waals surface area contributed by atoms with E-state index in [4.69, 9.17) is 0 Å². The smallest absolute Gasteiger partial charge is 0.257 e. The second kappa shape index (κ2) is 6.47. The van der Waals surface area contributed by atoms with E-state index in [9.17, 15) is 9.59 Å². The first-order valence-corrected chi connectivity index (χ1v) is 8.09. The van der Waals surface area contributed by atoms with Crippen LogP contribution in [0.25, 0.3) is 0 Å². The Hall–Kier alpha value is -2.63. The summed E-state index contributed by atoms with van der Waals surface area (Å²) in [5.74, 6) is 0.0123. The number of carbonyl (C=O) groups is 2. The van der Waals surface area contributed by atoms with E-state index in [0.29, 0.717) is 25.2 Å². The molecule has 0 aliphatic carbocycles. The highest BCUT2D eigenvalue weighted by atomic mass is 16.2. The fraction of sp³-hybridized carbons (Fsp3) is 0.389. The molecule has 0 spiro atoms. The van der Waals surface area contributed by atoms with Gasteiger partial charge in [0.15, 0.2) is 0 Å². The highest BCUT2D eigenvalue weighted by molar-refractivity contribution is 5.95. The van der Waals surface area contributed by atoms with Crippen molar-refractivity contribution in [1.29, 1.82) is 0 Å². The molecule has 1 aliphatic heterocycles. The number of hydrogen-bond donors (Lipinski definition) is 0. The molecule has 1 aromatic carbocycles. The first-order valence-electron chi connectivity index (χ1n) is 8.09. The van der Waals surface area contributed by atoms with Crippen LogP contribution in [0, 0.1) is 6.92 Å². The predicted octanol–water partition coefficient (Wildman–Crippen LogP) is 1.77. The van der Waals surface area contributed by atoms with Crippen molar-refractivity contribution in [2.24, 2.45) is 7.05 Å². The lowest BCUT2D eigenvalue weighted by atomic mass is 10.0. The fourth-order valence-corrected chi connectivity index (χ4v) is 3.28. The van der Waals surface area contributed by atoms with Gasteiger partial charge in [0.2, 0.25) is 5.91 Å². The first-order chi connectivity index (χ1) is 11.5. The highest BCUT2D eigenvalue weighted by Gasteiger charge is 2.33. The second-order valence-corrected chi connectivity index (χ2v) is 6.19. The molecule has 2 heterocycles. The minimum absolute atomic E-state index is 0.0234. The van der Waals surface area contributed by atoms with Crippen LogP contribution in [0.5, 0.6) is 0 Å². The van der Waals surface area contributed by atoms with Gasteiger partial charge in [-0.3, -0.25) is 14.3 Å². The van der Waals surface area contributed by atoms with Gasteiger partial charge >= 0.3 is 0 Å². The van der Waals surface area contributed by atoms with E-state index < -0.39 is 0 Å². The van der Waals surface area contributed by atoms with Crippen molar-refractivity contribution < 1.29 is 9.59 Å². The van der Waals surface area contributed by atoms with Gasteiger partial charge in [-0.2, -0.15) is 5.10 Å². The molecule has 1 aromatic heterocycles. The molecule has 0 radical (unpaired) electrons. The molecule has 1 aliphatic rings. The maximum absolute atomic E-state index is 12.9. The number of benzene rings is 1. The summed E-state index contributed by atoms with van der Waals surface area (Å²) < 4.78 is 1.66. The normalized spacial score (nSPS) is 17.9. The Morgan fingerprint density at radius 3 is 2.46 bits per heavy atom. The number of aromatic nitrogens is 2. The molecular weight excluding hydrogens is 304 g/mol. The fourth-order valence-electron chi connectivity index (χ4n) is 3.28. The van der Waals surface area contributed by atoms with E-state index in [0.717, 1.165) is 11.3 Å². The summed E-state index contributed by atoms with van der Waals surface area (Å²) in [6.45, 7) is 5.00. The Labute approximate surface area is 141 Å². The van der Waals surface area contributed by atoms with Crippen LogP contribution in [0.3, 0.4) is 0 Å². The molecule has 1 atom stereocenters. The molecule has 1 fully saturated rings. The zero-order valence-electron chi connectivity index (χ0n) is 14.3. The van der Waals surface area contributed by atoms with Crippen LogP contribution in [0.1, 0.15) is 34.6 Å². The Bertz CT molecular complexity index is 754. The minimum Gasteiger partial charge on any atom is -0.334 e. The van der Waals surface area contributed by atoms with E-state index in [1.807, 2.05) is 54.1 Å². The van der Waals surface area contributed by atoms with E-state index in [2.05, 4.69) is 5.10 Å². The molecule has 0 N–H and O–H groups in total. The van der Waals surface area contributed by atoms with E-state index in [-0.39, 0.29) is 17.9 Å². The van der Waals surface area contributed by atoms with Crippen LogP contribution in [-0.4, -0.2) is 51.0 Å². The largest absolute Gasteiger partial charge is 0.334 e. The Morgan fingerprint density at radius 2 is 1.88 bits per heavy atom. The van der Waals surface area contributed by atoms with Crippen LogP contribution in [0.15, 0.2) is 36.5 Å². The summed E-state index contributed by atoms with van der Waals surface area (Å²) in [5, 5.41) is 4.25. The van der Waals surface area contributed by atoms with Gasteiger partial charge in [0.05, 0.1) is 17.3 Å². The van der Waals surface area contributed by atoms with Gasteiger partial charge < -0.3 is 9.80 Å². The van der Waals surface area contributed by atoms with Crippen molar-refractivity contribution in [2.75, 3.05) is 19.6 Å². The summed E-state index contributed by atoms with van der Waals surface area (Å²) in [5.41, 5.74) is 2.40. The third kappa shape index (κ3) is 3.04. The van der Waals surface area contributed by atoms with Gasteiger partial charge in [0.1, 0.15) is 0 Å². The van der Waals surface area contributed by atoms with Crippen molar-refractivity contribution in [3.8, 4) is 0 Å². The Balaban J connectivity index is 1.86. The van der Waals surface area contributed by atoms with Gasteiger partial charge in [-0.05, 0) is 12.5 Å². The van der Waals surface area contributed by atoms with Crippen LogP contribution in [0.4, 0.5) is 0 Å². The zero-order chi connectivity index (χ0) is 17.3. The van der Waals surface area contributed by atoms with Crippen molar-refractivity contribution >= 4 is 11.8 Å². The lowest BCUT2D eigenvalue weighted by Gasteiger charge is -2.41. The summed E-state index contributed by atoms with van der Waals surface area (Å²) >= 11 is 0. The van der Waals surface area contributed by atoms with Crippen LogP contribution in [0.2, 0.25) is 0 Å². The van der Waals surface area contributed by atoms with E-state index in [1.165, 1.54) is 0 Å². The second-order valence-electron chi connectivity index (χ2n) is 6.19. The Kier molecular flexibility index (Phi) is 4.38. The van der Waals surface area contributed by atoms with Gasteiger partial charge in [-0.25, -0.2) is 0 Å². The topological polar surface area (TPSA) is 58.4 Å². The maximum Gasteiger partial charge on any atom is 0.257 e.